The van der Waals surface area contributed by atoms with Crippen molar-refractivity contribution in [1.29, 1.82) is 5.26 Å². The van der Waals surface area contributed by atoms with Gasteiger partial charge in [0.2, 0.25) is 0 Å². The van der Waals surface area contributed by atoms with Gasteiger partial charge in [-0.2, -0.15) is 10.4 Å². The van der Waals surface area contributed by atoms with E-state index in [1.165, 1.54) is 19.2 Å². The average Bonchev–Trinajstić information content (AvgIpc) is 3.00. The number of pyridine rings is 1. The standard InChI is InChI=1S/C17H14FN5O/c1-9-5-15(23-22-9)11-7-14(21-17(20)12(11)8-19)10-3-4-16(24-2)13(18)6-10/h3-7H,1-2H3,(H2,20,21)(H,22,23). The van der Waals surface area contributed by atoms with E-state index in [2.05, 4.69) is 15.2 Å². The molecule has 1 aromatic carbocycles. The summed E-state index contributed by atoms with van der Waals surface area (Å²) in [5.41, 5.74) is 9.10. The van der Waals surface area contributed by atoms with E-state index >= 15 is 0 Å². The lowest BCUT2D eigenvalue weighted by Gasteiger charge is -2.09. The second-order valence-corrected chi connectivity index (χ2v) is 5.21. The Labute approximate surface area is 137 Å². The third-order valence-corrected chi connectivity index (χ3v) is 3.59. The van der Waals surface area contributed by atoms with E-state index in [9.17, 15) is 9.65 Å². The maximum atomic E-state index is 14.0. The molecule has 3 rings (SSSR count). The quantitative estimate of drug-likeness (QED) is 0.771. The third-order valence-electron chi connectivity index (χ3n) is 3.59. The summed E-state index contributed by atoms with van der Waals surface area (Å²) in [4.78, 5) is 4.21. The fourth-order valence-electron chi connectivity index (χ4n) is 2.41. The summed E-state index contributed by atoms with van der Waals surface area (Å²) in [6.07, 6.45) is 0. The first-order chi connectivity index (χ1) is 11.5. The zero-order valence-electron chi connectivity index (χ0n) is 13.1. The van der Waals surface area contributed by atoms with Crippen molar-refractivity contribution in [1.82, 2.24) is 15.2 Å². The van der Waals surface area contributed by atoms with Gasteiger partial charge in [0.1, 0.15) is 17.5 Å². The highest BCUT2D eigenvalue weighted by atomic mass is 19.1. The van der Waals surface area contributed by atoms with Crippen LogP contribution in [0.3, 0.4) is 0 Å². The molecule has 0 aliphatic rings. The number of nitrogens with one attached hydrogen (secondary N) is 1. The van der Waals surface area contributed by atoms with Gasteiger partial charge in [0, 0.05) is 16.8 Å². The van der Waals surface area contributed by atoms with Gasteiger partial charge in [-0.3, -0.25) is 5.10 Å². The molecule has 3 aromatic rings. The minimum absolute atomic E-state index is 0.0712. The lowest BCUT2D eigenvalue weighted by atomic mass is 10.0. The third kappa shape index (κ3) is 2.65. The Balaban J connectivity index is 2.19. The first-order valence-electron chi connectivity index (χ1n) is 7.10. The summed E-state index contributed by atoms with van der Waals surface area (Å²) in [7, 11) is 1.40. The number of aromatic nitrogens is 3. The van der Waals surface area contributed by atoms with E-state index in [0.29, 0.717) is 22.5 Å². The molecule has 0 radical (unpaired) electrons. The highest BCUT2D eigenvalue weighted by molar-refractivity contribution is 5.78. The molecule has 2 aromatic heterocycles. The molecule has 0 atom stereocenters. The first-order valence-corrected chi connectivity index (χ1v) is 7.10. The first kappa shape index (κ1) is 15.5. The van der Waals surface area contributed by atoms with Crippen molar-refractivity contribution in [2.75, 3.05) is 12.8 Å². The van der Waals surface area contributed by atoms with Gasteiger partial charge >= 0.3 is 0 Å². The molecule has 120 valence electrons. The van der Waals surface area contributed by atoms with Crippen LogP contribution in [0.2, 0.25) is 0 Å². The minimum atomic E-state index is -0.503. The number of rotatable bonds is 3. The molecule has 0 amide bonds. The van der Waals surface area contributed by atoms with Crippen LogP contribution >= 0.6 is 0 Å². The molecule has 0 aliphatic heterocycles. The SMILES string of the molecule is COc1ccc(-c2cc(-c3cc(C)[nH]n3)c(C#N)c(N)n2)cc1F. The van der Waals surface area contributed by atoms with Gasteiger partial charge in [0.25, 0.3) is 0 Å². The second-order valence-electron chi connectivity index (χ2n) is 5.21. The number of nitrogens with two attached hydrogens (primary N) is 1. The minimum Gasteiger partial charge on any atom is -0.494 e. The fraction of sp³-hybridized carbons (Fsp3) is 0.118. The van der Waals surface area contributed by atoms with Gasteiger partial charge in [-0.1, -0.05) is 0 Å². The molecule has 6 nitrogen and oxygen atoms in total. The largest absolute Gasteiger partial charge is 0.494 e. The summed E-state index contributed by atoms with van der Waals surface area (Å²) in [5.74, 6) is -0.290. The maximum absolute atomic E-state index is 14.0. The molecule has 0 saturated heterocycles. The number of nitrogens with zero attached hydrogens (tertiary/aromatic N) is 3. The number of ether oxygens (including phenoxy) is 1. The number of halogens is 1. The fourth-order valence-corrected chi connectivity index (χ4v) is 2.41. The Hall–Kier alpha value is -3.40. The summed E-state index contributed by atoms with van der Waals surface area (Å²) in [6, 6.07) is 10.0. The Morgan fingerprint density at radius 1 is 1.25 bits per heavy atom. The Kier molecular flexibility index (Phi) is 3.88. The molecule has 0 saturated carbocycles. The normalized spacial score (nSPS) is 10.4. The predicted molar refractivity (Wildman–Crippen MR) is 87.6 cm³/mol. The van der Waals surface area contributed by atoms with Crippen LogP contribution in [0, 0.1) is 24.1 Å². The van der Waals surface area contributed by atoms with Crippen LogP contribution in [-0.2, 0) is 0 Å². The number of methoxy groups -OCH3 is 1. The zero-order valence-corrected chi connectivity index (χ0v) is 13.1. The second kappa shape index (κ2) is 6.01. The van der Waals surface area contributed by atoms with Crippen molar-refractivity contribution in [2.24, 2.45) is 0 Å². The van der Waals surface area contributed by atoms with E-state index in [1.54, 1.807) is 18.2 Å². The summed E-state index contributed by atoms with van der Waals surface area (Å²) in [6.45, 7) is 1.85. The number of hydrogen-bond acceptors (Lipinski definition) is 5. The number of aryl methyl sites for hydroxylation is 1. The Morgan fingerprint density at radius 3 is 2.62 bits per heavy atom. The molecule has 0 aliphatic carbocycles. The van der Waals surface area contributed by atoms with E-state index < -0.39 is 5.82 Å². The van der Waals surface area contributed by atoms with Gasteiger partial charge in [-0.05, 0) is 37.3 Å². The lowest BCUT2D eigenvalue weighted by molar-refractivity contribution is 0.386. The van der Waals surface area contributed by atoms with E-state index in [0.717, 1.165) is 5.69 Å². The van der Waals surface area contributed by atoms with Crippen LogP contribution in [0.4, 0.5) is 10.2 Å². The number of anilines is 1. The van der Waals surface area contributed by atoms with Gasteiger partial charge in [-0.15, -0.1) is 0 Å². The number of hydrogen-bond donors (Lipinski definition) is 2. The summed E-state index contributed by atoms with van der Waals surface area (Å²) >= 11 is 0. The number of aromatic amines is 1. The zero-order chi connectivity index (χ0) is 17.3. The molecule has 0 spiro atoms. The van der Waals surface area contributed by atoms with Crippen molar-refractivity contribution in [3.63, 3.8) is 0 Å². The monoisotopic (exact) mass is 323 g/mol. The topological polar surface area (TPSA) is 101 Å². The molecule has 2 heterocycles. The maximum Gasteiger partial charge on any atom is 0.165 e. The van der Waals surface area contributed by atoms with Crippen LogP contribution in [0.1, 0.15) is 11.3 Å². The van der Waals surface area contributed by atoms with Crippen molar-refractivity contribution in [3.8, 4) is 34.3 Å². The number of benzene rings is 1. The predicted octanol–water partition coefficient (Wildman–Crippen LogP) is 3.05. The van der Waals surface area contributed by atoms with Gasteiger partial charge < -0.3 is 10.5 Å². The smallest absolute Gasteiger partial charge is 0.165 e. The number of nitriles is 1. The lowest BCUT2D eigenvalue weighted by Crippen LogP contribution is -2.00. The van der Waals surface area contributed by atoms with E-state index in [1.807, 2.05) is 13.0 Å². The van der Waals surface area contributed by atoms with Gasteiger partial charge in [-0.25, -0.2) is 9.37 Å². The van der Waals surface area contributed by atoms with Crippen LogP contribution in [0.15, 0.2) is 30.3 Å². The molecule has 0 unspecified atom stereocenters. The van der Waals surface area contributed by atoms with E-state index in [4.69, 9.17) is 10.5 Å². The van der Waals surface area contributed by atoms with Crippen LogP contribution in [-0.4, -0.2) is 22.3 Å². The molecule has 3 N–H and O–H groups in total. The summed E-state index contributed by atoms with van der Waals surface area (Å²) in [5, 5.41) is 16.3. The molecule has 7 heteroatoms. The Morgan fingerprint density at radius 2 is 2.04 bits per heavy atom. The van der Waals surface area contributed by atoms with Gasteiger partial charge in [0.05, 0.1) is 18.5 Å². The Bertz CT molecular complexity index is 958. The van der Waals surface area contributed by atoms with Crippen molar-refractivity contribution < 1.29 is 9.13 Å². The summed E-state index contributed by atoms with van der Waals surface area (Å²) < 4.78 is 18.9. The molecule has 0 bridgehead atoms. The van der Waals surface area contributed by atoms with Crippen LogP contribution in [0.5, 0.6) is 5.75 Å². The molecular weight excluding hydrogens is 309 g/mol. The van der Waals surface area contributed by atoms with Crippen molar-refractivity contribution >= 4 is 5.82 Å². The van der Waals surface area contributed by atoms with Crippen LogP contribution < -0.4 is 10.5 Å². The van der Waals surface area contributed by atoms with Crippen LogP contribution in [0.25, 0.3) is 22.5 Å². The number of H-pyrrole nitrogens is 1. The highest BCUT2D eigenvalue weighted by Gasteiger charge is 2.16. The van der Waals surface area contributed by atoms with Gasteiger partial charge in [0.15, 0.2) is 11.6 Å². The van der Waals surface area contributed by atoms with E-state index in [-0.39, 0.29) is 17.1 Å². The van der Waals surface area contributed by atoms with Crippen molar-refractivity contribution in [2.45, 2.75) is 6.92 Å². The molecule has 0 fully saturated rings. The highest BCUT2D eigenvalue weighted by Crippen LogP contribution is 2.31. The van der Waals surface area contributed by atoms with Crippen molar-refractivity contribution in [3.05, 3.63) is 47.4 Å². The molecular formula is C17H14FN5O. The average molecular weight is 323 g/mol. The molecule has 24 heavy (non-hydrogen) atoms. The number of nitrogen functional groups attached to an aromatic ring is 1.